The summed E-state index contributed by atoms with van der Waals surface area (Å²) >= 11 is 0. The molecule has 3 fully saturated rings. The zero-order valence-electron chi connectivity index (χ0n) is 23.3. The van der Waals surface area contributed by atoms with Gasteiger partial charge in [0.25, 0.3) is 0 Å². The SMILES string of the molecule is C=CCCC(=O)NC[C@@H](C)OC(=O)[C@@H]1[C@H]2C(=O)N([C@H](C)CO)[C@H](C(=O)N(CC=C)C(C)(C)C)[C@]23CC[C@H]1O3. The van der Waals surface area contributed by atoms with E-state index in [0.29, 0.717) is 25.7 Å². The summed E-state index contributed by atoms with van der Waals surface area (Å²) in [7, 11) is 0. The van der Waals surface area contributed by atoms with Gasteiger partial charge in [0, 0.05) is 18.5 Å². The van der Waals surface area contributed by atoms with E-state index in [4.69, 9.17) is 9.47 Å². The lowest BCUT2D eigenvalue weighted by Gasteiger charge is -2.43. The molecule has 3 aliphatic rings. The van der Waals surface area contributed by atoms with Crippen LogP contribution in [0.2, 0.25) is 0 Å². The van der Waals surface area contributed by atoms with E-state index < -0.39 is 53.2 Å². The number of fused-ring (bicyclic) bond motifs is 1. The van der Waals surface area contributed by atoms with Gasteiger partial charge >= 0.3 is 5.97 Å². The van der Waals surface area contributed by atoms with E-state index in [2.05, 4.69) is 18.5 Å². The van der Waals surface area contributed by atoms with Gasteiger partial charge in [-0.05, 0) is 53.9 Å². The Kier molecular flexibility index (Phi) is 9.08. The van der Waals surface area contributed by atoms with Crippen molar-refractivity contribution >= 4 is 23.7 Å². The number of hydrogen-bond acceptors (Lipinski definition) is 7. The Bertz CT molecular complexity index is 961. The highest BCUT2D eigenvalue weighted by atomic mass is 16.6. The third-order valence-electron chi connectivity index (χ3n) is 7.85. The normalized spacial score (nSPS) is 29.4. The van der Waals surface area contributed by atoms with Crippen molar-refractivity contribution in [2.45, 2.75) is 95.7 Å². The van der Waals surface area contributed by atoms with Crippen molar-refractivity contribution in [3.8, 4) is 0 Å². The number of aliphatic hydroxyl groups is 1. The molecule has 0 radical (unpaired) electrons. The van der Waals surface area contributed by atoms with Crippen LogP contribution in [0.4, 0.5) is 0 Å². The van der Waals surface area contributed by atoms with Crippen molar-refractivity contribution in [2.75, 3.05) is 19.7 Å². The van der Waals surface area contributed by atoms with E-state index in [0.717, 1.165) is 0 Å². The molecule has 3 rings (SSSR count). The Hall–Kier alpha value is -2.72. The Morgan fingerprint density at radius 1 is 1.29 bits per heavy atom. The largest absolute Gasteiger partial charge is 0.460 e. The van der Waals surface area contributed by atoms with E-state index in [-0.39, 0.29) is 37.4 Å². The van der Waals surface area contributed by atoms with Crippen LogP contribution in [-0.2, 0) is 28.7 Å². The quantitative estimate of drug-likeness (QED) is 0.288. The summed E-state index contributed by atoms with van der Waals surface area (Å²) in [6.45, 7) is 16.5. The molecule has 0 unspecified atom stereocenters. The van der Waals surface area contributed by atoms with Crippen LogP contribution in [-0.4, -0.2) is 93.7 Å². The zero-order chi connectivity index (χ0) is 28.4. The van der Waals surface area contributed by atoms with Gasteiger partial charge in [-0.25, -0.2) is 0 Å². The topological polar surface area (TPSA) is 125 Å². The summed E-state index contributed by atoms with van der Waals surface area (Å²) in [6, 6.07) is -1.63. The van der Waals surface area contributed by atoms with Gasteiger partial charge < -0.3 is 29.7 Å². The highest BCUT2D eigenvalue weighted by Gasteiger charge is 2.75. The molecule has 3 heterocycles. The minimum absolute atomic E-state index is 0.139. The minimum atomic E-state index is -1.18. The number of hydrogen-bond donors (Lipinski definition) is 2. The van der Waals surface area contributed by atoms with E-state index in [1.54, 1.807) is 30.9 Å². The Balaban J connectivity index is 1.87. The van der Waals surface area contributed by atoms with E-state index in [1.165, 1.54) is 4.90 Å². The van der Waals surface area contributed by atoms with Crippen LogP contribution in [0.15, 0.2) is 25.3 Å². The lowest BCUT2D eigenvalue weighted by Crippen LogP contribution is -2.61. The standard InChI is InChI=1S/C28H43N3O7/c1-8-10-11-20(33)29-15-18(4)37-26(36)21-19-12-13-28(38-19)22(21)24(34)31(17(3)16-32)23(28)25(35)30(14-9-2)27(5,6)7/h8-9,17-19,21-23,32H,1-2,10-16H2,3-7H3,(H,29,33)/t17-,18-,19-,21+,22+,23-,28+/m1/s1. The highest BCUT2D eigenvalue weighted by molar-refractivity contribution is 5.98. The molecule has 3 aliphatic heterocycles. The maximum Gasteiger partial charge on any atom is 0.312 e. The van der Waals surface area contributed by atoms with E-state index in [9.17, 15) is 24.3 Å². The smallest absolute Gasteiger partial charge is 0.312 e. The molecule has 3 amide bonds. The van der Waals surface area contributed by atoms with Gasteiger partial charge in [-0.15, -0.1) is 13.2 Å². The van der Waals surface area contributed by atoms with Crippen LogP contribution in [0.25, 0.3) is 0 Å². The summed E-state index contributed by atoms with van der Waals surface area (Å²) in [5.41, 5.74) is -1.74. The summed E-state index contributed by atoms with van der Waals surface area (Å²) in [5, 5.41) is 12.7. The average Bonchev–Trinajstić information content (AvgIpc) is 3.50. The van der Waals surface area contributed by atoms with Gasteiger partial charge in [0.15, 0.2) is 0 Å². The molecule has 1 spiro atoms. The van der Waals surface area contributed by atoms with E-state index >= 15 is 0 Å². The van der Waals surface area contributed by atoms with Gasteiger partial charge in [-0.3, -0.25) is 19.2 Å². The zero-order valence-corrected chi connectivity index (χ0v) is 23.3. The molecule has 0 aromatic carbocycles. The first kappa shape index (κ1) is 29.8. The Labute approximate surface area is 225 Å². The number of nitrogens with one attached hydrogen (secondary N) is 1. The summed E-state index contributed by atoms with van der Waals surface area (Å²) in [4.78, 5) is 56.4. The van der Waals surface area contributed by atoms with Crippen LogP contribution >= 0.6 is 0 Å². The maximum absolute atomic E-state index is 14.1. The molecular formula is C28H43N3O7. The molecule has 38 heavy (non-hydrogen) atoms. The van der Waals surface area contributed by atoms with Gasteiger partial charge in [-0.1, -0.05) is 12.2 Å². The lowest BCUT2D eigenvalue weighted by molar-refractivity contribution is -0.160. The number of aliphatic hydroxyl groups excluding tert-OH is 1. The van der Waals surface area contributed by atoms with E-state index in [1.807, 2.05) is 20.8 Å². The number of ether oxygens (including phenoxy) is 2. The number of allylic oxidation sites excluding steroid dienone is 1. The summed E-state index contributed by atoms with van der Waals surface area (Å²) < 4.78 is 12.1. The number of rotatable bonds is 12. The minimum Gasteiger partial charge on any atom is -0.460 e. The predicted molar refractivity (Wildman–Crippen MR) is 141 cm³/mol. The molecule has 0 aromatic heterocycles. The van der Waals surface area contributed by atoms with Crippen molar-refractivity contribution in [3.63, 3.8) is 0 Å². The molecule has 0 aromatic rings. The molecule has 212 valence electrons. The molecule has 10 nitrogen and oxygen atoms in total. The highest BCUT2D eigenvalue weighted by Crippen LogP contribution is 2.59. The number of likely N-dealkylation sites (tertiary alicyclic amines) is 1. The molecule has 0 aliphatic carbocycles. The predicted octanol–water partition coefficient (Wildman–Crippen LogP) is 1.57. The lowest BCUT2D eigenvalue weighted by atomic mass is 9.70. The molecule has 10 heteroatoms. The molecular weight excluding hydrogens is 490 g/mol. The van der Waals surface area contributed by atoms with Crippen molar-refractivity contribution < 1.29 is 33.8 Å². The fourth-order valence-corrected chi connectivity index (χ4v) is 6.07. The number of esters is 1. The summed E-state index contributed by atoms with van der Waals surface area (Å²) in [6.07, 6.45) is 3.94. The van der Waals surface area contributed by atoms with Crippen molar-refractivity contribution in [2.24, 2.45) is 11.8 Å². The first-order chi connectivity index (χ1) is 17.8. The average molecular weight is 534 g/mol. The number of carbonyl (C=O) groups is 4. The van der Waals surface area contributed by atoms with Gasteiger partial charge in [0.1, 0.15) is 17.7 Å². The first-order valence-corrected chi connectivity index (χ1v) is 13.4. The van der Waals surface area contributed by atoms with Crippen LogP contribution in [0.5, 0.6) is 0 Å². The third-order valence-corrected chi connectivity index (χ3v) is 7.85. The van der Waals surface area contributed by atoms with Crippen LogP contribution in [0, 0.1) is 11.8 Å². The van der Waals surface area contributed by atoms with Gasteiger partial charge in [-0.2, -0.15) is 0 Å². The second kappa shape index (κ2) is 11.6. The van der Waals surface area contributed by atoms with Gasteiger partial charge in [0.2, 0.25) is 17.7 Å². The number of carbonyl (C=O) groups excluding carboxylic acids is 4. The first-order valence-electron chi connectivity index (χ1n) is 13.4. The second-order valence-corrected chi connectivity index (χ2v) is 11.6. The van der Waals surface area contributed by atoms with Crippen molar-refractivity contribution in [1.82, 2.24) is 15.1 Å². The van der Waals surface area contributed by atoms with Crippen molar-refractivity contribution in [1.29, 1.82) is 0 Å². The van der Waals surface area contributed by atoms with Crippen LogP contribution < -0.4 is 5.32 Å². The summed E-state index contributed by atoms with van der Waals surface area (Å²) in [5.74, 6) is -3.18. The monoisotopic (exact) mass is 533 g/mol. The third kappa shape index (κ3) is 5.38. The molecule has 2 N–H and O–H groups in total. The molecule has 3 saturated heterocycles. The maximum atomic E-state index is 14.1. The van der Waals surface area contributed by atoms with Crippen LogP contribution in [0.3, 0.4) is 0 Å². The van der Waals surface area contributed by atoms with Crippen molar-refractivity contribution in [3.05, 3.63) is 25.3 Å². The van der Waals surface area contributed by atoms with Gasteiger partial charge in [0.05, 0.1) is 37.1 Å². The molecule has 7 atom stereocenters. The molecule has 0 saturated carbocycles. The second-order valence-electron chi connectivity index (χ2n) is 11.6. The fourth-order valence-electron chi connectivity index (χ4n) is 6.07. The fraction of sp³-hybridized carbons (Fsp3) is 0.714. The molecule has 2 bridgehead atoms. The Morgan fingerprint density at radius 3 is 2.55 bits per heavy atom. The number of nitrogens with zero attached hydrogens (tertiary/aromatic N) is 2. The number of amides is 3. The Morgan fingerprint density at radius 2 is 1.97 bits per heavy atom. The van der Waals surface area contributed by atoms with Crippen LogP contribution in [0.1, 0.15) is 60.3 Å².